The van der Waals surface area contributed by atoms with E-state index < -0.39 is 11.7 Å². The maximum atomic E-state index is 12.8. The molecule has 0 unspecified atom stereocenters. The number of halogens is 4. The average Bonchev–Trinajstić information content (AvgIpc) is 2.84. The Bertz CT molecular complexity index is 781. The summed E-state index contributed by atoms with van der Waals surface area (Å²) in [6, 6.07) is 5.82. The molecule has 0 atom stereocenters. The molecule has 108 valence electrons. The summed E-state index contributed by atoms with van der Waals surface area (Å²) in [5.41, 5.74) is 1.53. The number of imidazole rings is 1. The Kier molecular flexibility index (Phi) is 3.33. The molecule has 0 amide bonds. The van der Waals surface area contributed by atoms with E-state index in [4.69, 9.17) is 11.6 Å². The first kappa shape index (κ1) is 13.9. The van der Waals surface area contributed by atoms with Crippen LogP contribution in [-0.2, 0) is 12.1 Å². The van der Waals surface area contributed by atoms with Gasteiger partial charge in [0.05, 0.1) is 22.8 Å². The lowest BCUT2D eigenvalue weighted by Crippen LogP contribution is -2.06. The molecule has 0 N–H and O–H groups in total. The van der Waals surface area contributed by atoms with Crippen LogP contribution < -0.4 is 0 Å². The van der Waals surface area contributed by atoms with E-state index in [0.29, 0.717) is 17.0 Å². The smallest absolute Gasteiger partial charge is 0.302 e. The predicted molar refractivity (Wildman–Crippen MR) is 73.0 cm³/mol. The molecule has 0 fully saturated rings. The number of aromatic nitrogens is 3. The Hall–Kier alpha value is -2.08. The number of pyridine rings is 2. The monoisotopic (exact) mass is 311 g/mol. The molecule has 0 radical (unpaired) electrons. The Labute approximate surface area is 123 Å². The Morgan fingerprint density at radius 2 is 1.81 bits per heavy atom. The predicted octanol–water partition coefficient (Wildman–Crippen LogP) is 4.15. The van der Waals surface area contributed by atoms with Gasteiger partial charge in [0.15, 0.2) is 0 Å². The van der Waals surface area contributed by atoms with Crippen molar-refractivity contribution in [1.82, 2.24) is 14.4 Å². The van der Waals surface area contributed by atoms with Crippen molar-refractivity contribution >= 4 is 17.2 Å². The minimum Gasteiger partial charge on any atom is -0.302 e. The SMILES string of the molecule is FC(F)(F)c1ccc2nc(-c3ccncc3)c(CCl)n2c1. The fourth-order valence-electron chi connectivity index (χ4n) is 2.13. The molecule has 21 heavy (non-hydrogen) atoms. The summed E-state index contributed by atoms with van der Waals surface area (Å²) in [5, 5.41) is 0. The van der Waals surface area contributed by atoms with E-state index in [1.54, 1.807) is 24.5 Å². The fourth-order valence-corrected chi connectivity index (χ4v) is 2.39. The second-order valence-corrected chi connectivity index (χ2v) is 4.69. The number of rotatable bonds is 2. The number of fused-ring (bicyclic) bond motifs is 1. The van der Waals surface area contributed by atoms with Crippen LogP contribution in [0.3, 0.4) is 0 Å². The molecule has 0 saturated heterocycles. The average molecular weight is 312 g/mol. The van der Waals surface area contributed by atoms with E-state index in [1.807, 2.05) is 0 Å². The number of nitrogens with zero attached hydrogens (tertiary/aromatic N) is 3. The van der Waals surface area contributed by atoms with E-state index >= 15 is 0 Å². The molecule has 7 heteroatoms. The number of hydrogen-bond donors (Lipinski definition) is 0. The maximum Gasteiger partial charge on any atom is 0.417 e. The van der Waals surface area contributed by atoms with Gasteiger partial charge in [-0.2, -0.15) is 13.2 Å². The van der Waals surface area contributed by atoms with Crippen LogP contribution in [0.25, 0.3) is 16.9 Å². The normalized spacial score (nSPS) is 12.0. The summed E-state index contributed by atoms with van der Waals surface area (Å²) >= 11 is 5.91. The molecule has 3 heterocycles. The van der Waals surface area contributed by atoms with Gasteiger partial charge in [-0.1, -0.05) is 0 Å². The minimum absolute atomic E-state index is 0.0557. The summed E-state index contributed by atoms with van der Waals surface area (Å²) in [7, 11) is 0. The third kappa shape index (κ3) is 2.47. The highest BCUT2D eigenvalue weighted by atomic mass is 35.5. The van der Waals surface area contributed by atoms with Gasteiger partial charge >= 0.3 is 6.18 Å². The van der Waals surface area contributed by atoms with Gasteiger partial charge in [0.25, 0.3) is 0 Å². The maximum absolute atomic E-state index is 12.8. The lowest BCUT2D eigenvalue weighted by molar-refractivity contribution is -0.137. The molecule has 3 aromatic rings. The van der Waals surface area contributed by atoms with Gasteiger partial charge in [0, 0.05) is 24.2 Å². The highest BCUT2D eigenvalue weighted by Crippen LogP contribution is 2.31. The third-order valence-corrected chi connectivity index (χ3v) is 3.38. The van der Waals surface area contributed by atoms with Crippen molar-refractivity contribution < 1.29 is 13.2 Å². The number of hydrogen-bond acceptors (Lipinski definition) is 2. The summed E-state index contributed by atoms with van der Waals surface area (Å²) in [5.74, 6) is 0.0557. The minimum atomic E-state index is -4.40. The van der Waals surface area contributed by atoms with Crippen LogP contribution in [0.2, 0.25) is 0 Å². The van der Waals surface area contributed by atoms with E-state index in [1.165, 1.54) is 10.5 Å². The Balaban J connectivity index is 2.24. The molecule has 0 aliphatic carbocycles. The van der Waals surface area contributed by atoms with Crippen LogP contribution in [0.1, 0.15) is 11.3 Å². The van der Waals surface area contributed by atoms with Gasteiger partial charge in [-0.05, 0) is 24.3 Å². The largest absolute Gasteiger partial charge is 0.417 e. The van der Waals surface area contributed by atoms with Crippen molar-refractivity contribution in [2.24, 2.45) is 0 Å². The highest BCUT2D eigenvalue weighted by molar-refractivity contribution is 6.17. The van der Waals surface area contributed by atoms with Crippen molar-refractivity contribution in [3.05, 3.63) is 54.1 Å². The Morgan fingerprint density at radius 1 is 1.10 bits per heavy atom. The highest BCUT2D eigenvalue weighted by Gasteiger charge is 2.31. The van der Waals surface area contributed by atoms with Gasteiger partial charge in [-0.15, -0.1) is 11.6 Å². The lowest BCUT2D eigenvalue weighted by Gasteiger charge is -2.07. The zero-order valence-corrected chi connectivity index (χ0v) is 11.4. The molecule has 0 aromatic carbocycles. The van der Waals surface area contributed by atoms with Crippen molar-refractivity contribution in [1.29, 1.82) is 0 Å². The van der Waals surface area contributed by atoms with Crippen LogP contribution in [0.15, 0.2) is 42.9 Å². The van der Waals surface area contributed by atoms with E-state index in [2.05, 4.69) is 9.97 Å². The molecule has 0 aliphatic rings. The van der Waals surface area contributed by atoms with E-state index in [0.717, 1.165) is 17.8 Å². The van der Waals surface area contributed by atoms with Gasteiger partial charge in [-0.3, -0.25) is 4.98 Å². The summed E-state index contributed by atoms with van der Waals surface area (Å²) in [6.45, 7) is 0. The van der Waals surface area contributed by atoms with Crippen molar-refractivity contribution in [3.8, 4) is 11.3 Å². The first-order valence-electron chi connectivity index (χ1n) is 6.05. The second kappa shape index (κ2) is 5.04. The van der Waals surface area contributed by atoms with Crippen LogP contribution in [0, 0.1) is 0 Å². The molecule has 0 bridgehead atoms. The van der Waals surface area contributed by atoms with Gasteiger partial charge in [0.2, 0.25) is 0 Å². The summed E-state index contributed by atoms with van der Waals surface area (Å²) in [4.78, 5) is 8.27. The summed E-state index contributed by atoms with van der Waals surface area (Å²) in [6.07, 6.45) is -0.194. The summed E-state index contributed by atoms with van der Waals surface area (Å²) < 4.78 is 39.8. The molecule has 3 aromatic heterocycles. The standard InChI is InChI=1S/C14H9ClF3N3/c15-7-11-13(9-3-5-19-6-4-9)20-12-2-1-10(8-21(11)12)14(16,17)18/h1-6,8H,7H2. The van der Waals surface area contributed by atoms with Gasteiger partial charge in [-0.25, -0.2) is 4.98 Å². The van der Waals surface area contributed by atoms with E-state index in [9.17, 15) is 13.2 Å². The molecule has 3 rings (SSSR count). The van der Waals surface area contributed by atoms with Gasteiger partial charge in [0.1, 0.15) is 5.65 Å². The second-order valence-electron chi connectivity index (χ2n) is 4.42. The van der Waals surface area contributed by atoms with Gasteiger partial charge < -0.3 is 4.40 Å². The molecule has 0 aliphatic heterocycles. The topological polar surface area (TPSA) is 30.2 Å². The molecular formula is C14H9ClF3N3. The number of alkyl halides is 4. The molecular weight excluding hydrogens is 303 g/mol. The van der Waals surface area contributed by atoms with Crippen molar-refractivity contribution in [3.63, 3.8) is 0 Å². The third-order valence-electron chi connectivity index (χ3n) is 3.13. The quantitative estimate of drug-likeness (QED) is 0.665. The van der Waals surface area contributed by atoms with Crippen LogP contribution in [0.5, 0.6) is 0 Å². The molecule has 3 nitrogen and oxygen atoms in total. The molecule has 0 spiro atoms. The first-order valence-corrected chi connectivity index (χ1v) is 6.58. The first-order chi connectivity index (χ1) is 10.0. The zero-order valence-electron chi connectivity index (χ0n) is 10.6. The van der Waals surface area contributed by atoms with Crippen LogP contribution >= 0.6 is 11.6 Å². The molecule has 0 saturated carbocycles. The van der Waals surface area contributed by atoms with Crippen LogP contribution in [-0.4, -0.2) is 14.4 Å². The van der Waals surface area contributed by atoms with Crippen molar-refractivity contribution in [2.45, 2.75) is 12.1 Å². The van der Waals surface area contributed by atoms with Crippen LogP contribution in [0.4, 0.5) is 13.2 Å². The van der Waals surface area contributed by atoms with E-state index in [-0.39, 0.29) is 5.88 Å². The zero-order chi connectivity index (χ0) is 15.0. The lowest BCUT2D eigenvalue weighted by atomic mass is 10.2. The van der Waals surface area contributed by atoms with Crippen molar-refractivity contribution in [2.75, 3.05) is 0 Å². The Morgan fingerprint density at radius 3 is 2.43 bits per heavy atom. The fraction of sp³-hybridized carbons (Fsp3) is 0.143.